The molecule has 2 atom stereocenters. The van der Waals surface area contributed by atoms with Gasteiger partial charge in [-0.15, -0.1) is 11.3 Å². The minimum atomic E-state index is -3.34. The number of thiophene rings is 1. The lowest BCUT2D eigenvalue weighted by atomic mass is 10.1. The van der Waals surface area contributed by atoms with Gasteiger partial charge in [0.05, 0.1) is 5.69 Å². The second-order valence-electron chi connectivity index (χ2n) is 6.05. The molecule has 7 heteroatoms. The van der Waals surface area contributed by atoms with E-state index in [1.165, 1.54) is 11.3 Å². The molecule has 2 fully saturated rings. The van der Waals surface area contributed by atoms with E-state index in [2.05, 4.69) is 9.88 Å². The lowest BCUT2D eigenvalue weighted by Gasteiger charge is -2.24. The van der Waals surface area contributed by atoms with Crippen LogP contribution in [0.5, 0.6) is 0 Å². The van der Waals surface area contributed by atoms with Crippen LogP contribution in [-0.4, -0.2) is 47.8 Å². The molecule has 0 N–H and O–H groups in total. The molecule has 0 bridgehead atoms. The summed E-state index contributed by atoms with van der Waals surface area (Å²) in [6, 6.07) is 9.86. The number of likely N-dealkylation sites (tertiary alicyclic amines) is 1. The molecule has 5 nitrogen and oxygen atoms in total. The van der Waals surface area contributed by atoms with Gasteiger partial charge in [-0.3, -0.25) is 9.88 Å². The van der Waals surface area contributed by atoms with Gasteiger partial charge in [0.1, 0.15) is 4.21 Å². The fourth-order valence-corrected chi connectivity index (χ4v) is 6.57. The molecule has 0 radical (unpaired) electrons. The molecular weight excluding hydrogens is 330 g/mol. The third-order valence-electron chi connectivity index (χ3n) is 4.79. The summed E-state index contributed by atoms with van der Waals surface area (Å²) in [5.41, 5.74) is 1.05. The number of hydrogen-bond donors (Lipinski definition) is 0. The molecule has 2 aromatic heterocycles. The zero-order chi connectivity index (χ0) is 15.9. The van der Waals surface area contributed by atoms with Crippen LogP contribution < -0.4 is 0 Å². The summed E-state index contributed by atoms with van der Waals surface area (Å²) >= 11 is 1.30. The first kappa shape index (κ1) is 15.3. The third-order valence-corrected chi connectivity index (χ3v) is 8.09. The van der Waals surface area contributed by atoms with Crippen molar-refractivity contribution >= 4 is 21.4 Å². The highest BCUT2D eigenvalue weighted by atomic mass is 32.2. The molecule has 0 spiro atoms. The predicted octanol–water partition coefficient (Wildman–Crippen LogP) is 2.18. The molecule has 2 aliphatic heterocycles. The van der Waals surface area contributed by atoms with E-state index in [1.54, 1.807) is 16.4 Å². The summed E-state index contributed by atoms with van der Waals surface area (Å²) < 4.78 is 27.8. The first-order valence-electron chi connectivity index (χ1n) is 7.85. The third kappa shape index (κ3) is 2.71. The first-order chi connectivity index (χ1) is 11.2. The second-order valence-corrected chi connectivity index (χ2v) is 9.12. The lowest BCUT2D eigenvalue weighted by Crippen LogP contribution is -2.39. The number of sulfonamides is 1. The van der Waals surface area contributed by atoms with Crippen molar-refractivity contribution in [1.29, 1.82) is 0 Å². The van der Waals surface area contributed by atoms with E-state index in [9.17, 15) is 8.42 Å². The van der Waals surface area contributed by atoms with E-state index in [0.717, 1.165) is 31.6 Å². The van der Waals surface area contributed by atoms with Gasteiger partial charge >= 0.3 is 0 Å². The van der Waals surface area contributed by atoms with Crippen LogP contribution in [0.4, 0.5) is 0 Å². The Morgan fingerprint density at radius 3 is 2.74 bits per heavy atom. The average Bonchev–Trinajstić information content (AvgIpc) is 3.27. The standard InChI is InChI=1S/C16H19N3O2S2/c20-23(21,16-5-3-11-22-16)19-10-7-14-15(19)6-9-18(14)12-13-4-1-2-8-17-13/h1-5,8,11,14-15H,6-7,9-10,12H2/t14-,15+/m1/s1. The van der Waals surface area contributed by atoms with Gasteiger partial charge in [0.25, 0.3) is 10.0 Å². The number of hydrogen-bond acceptors (Lipinski definition) is 5. The molecule has 2 aromatic rings. The van der Waals surface area contributed by atoms with Gasteiger partial charge in [0, 0.05) is 37.9 Å². The fraction of sp³-hybridized carbons (Fsp3) is 0.438. The molecule has 0 unspecified atom stereocenters. The topological polar surface area (TPSA) is 53.5 Å². The zero-order valence-electron chi connectivity index (χ0n) is 12.7. The van der Waals surface area contributed by atoms with Crippen molar-refractivity contribution < 1.29 is 8.42 Å². The molecule has 23 heavy (non-hydrogen) atoms. The predicted molar refractivity (Wildman–Crippen MR) is 89.7 cm³/mol. The van der Waals surface area contributed by atoms with E-state index in [4.69, 9.17) is 0 Å². The maximum Gasteiger partial charge on any atom is 0.252 e. The van der Waals surface area contributed by atoms with Crippen LogP contribution in [0.2, 0.25) is 0 Å². The maximum atomic E-state index is 12.8. The molecule has 0 saturated carbocycles. The van der Waals surface area contributed by atoms with Crippen molar-refractivity contribution in [3.05, 3.63) is 47.6 Å². The Labute approximate surface area is 140 Å². The normalized spacial score (nSPS) is 25.7. The Morgan fingerprint density at radius 1 is 1.13 bits per heavy atom. The van der Waals surface area contributed by atoms with Crippen molar-refractivity contribution in [1.82, 2.24) is 14.2 Å². The molecule has 122 valence electrons. The highest BCUT2D eigenvalue weighted by Gasteiger charge is 2.47. The van der Waals surface area contributed by atoms with Gasteiger partial charge in [0.2, 0.25) is 0 Å². The van der Waals surface area contributed by atoms with Gasteiger partial charge in [-0.25, -0.2) is 8.42 Å². The van der Waals surface area contributed by atoms with Gasteiger partial charge in [-0.1, -0.05) is 12.1 Å². The second kappa shape index (κ2) is 5.98. The van der Waals surface area contributed by atoms with Crippen LogP contribution >= 0.6 is 11.3 Å². The van der Waals surface area contributed by atoms with E-state index in [0.29, 0.717) is 16.8 Å². The molecular formula is C16H19N3O2S2. The van der Waals surface area contributed by atoms with Crippen LogP contribution in [0.15, 0.2) is 46.1 Å². The quantitative estimate of drug-likeness (QED) is 0.849. The van der Waals surface area contributed by atoms with E-state index in [-0.39, 0.29) is 6.04 Å². The minimum absolute atomic E-state index is 0.103. The van der Waals surface area contributed by atoms with Crippen LogP contribution in [0, 0.1) is 0 Å². The van der Waals surface area contributed by atoms with Gasteiger partial charge in [0.15, 0.2) is 0 Å². The van der Waals surface area contributed by atoms with Gasteiger partial charge < -0.3 is 0 Å². The SMILES string of the molecule is O=S(=O)(c1cccs1)N1CC[C@@H]2[C@@H]1CCN2Cc1ccccn1. The van der Waals surface area contributed by atoms with Crippen LogP contribution in [0.3, 0.4) is 0 Å². The molecule has 2 saturated heterocycles. The Balaban J connectivity index is 1.52. The summed E-state index contributed by atoms with van der Waals surface area (Å²) in [7, 11) is -3.34. The van der Waals surface area contributed by atoms with Crippen LogP contribution in [0.1, 0.15) is 18.5 Å². The van der Waals surface area contributed by atoms with E-state index >= 15 is 0 Å². The number of rotatable bonds is 4. The Kier molecular flexibility index (Phi) is 3.96. The van der Waals surface area contributed by atoms with Crippen molar-refractivity contribution in [3.8, 4) is 0 Å². The summed E-state index contributed by atoms with van der Waals surface area (Å²) in [6.07, 6.45) is 3.62. The molecule has 4 heterocycles. The molecule has 0 amide bonds. The highest BCUT2D eigenvalue weighted by molar-refractivity contribution is 7.91. The van der Waals surface area contributed by atoms with E-state index in [1.807, 2.05) is 29.8 Å². The Bertz CT molecular complexity index is 762. The Morgan fingerprint density at radius 2 is 2.00 bits per heavy atom. The van der Waals surface area contributed by atoms with Gasteiger partial charge in [-0.2, -0.15) is 4.31 Å². The smallest absolute Gasteiger partial charge is 0.252 e. The van der Waals surface area contributed by atoms with Crippen molar-refractivity contribution in [2.75, 3.05) is 13.1 Å². The maximum absolute atomic E-state index is 12.8. The zero-order valence-corrected chi connectivity index (χ0v) is 14.3. The van der Waals surface area contributed by atoms with Gasteiger partial charge in [-0.05, 0) is 36.4 Å². The molecule has 0 aromatic carbocycles. The number of pyridine rings is 1. The molecule has 4 rings (SSSR count). The summed E-state index contributed by atoms with van der Waals surface area (Å²) in [6.45, 7) is 2.35. The number of nitrogens with zero attached hydrogens (tertiary/aromatic N) is 3. The van der Waals surface area contributed by atoms with Crippen LogP contribution in [-0.2, 0) is 16.6 Å². The van der Waals surface area contributed by atoms with Crippen LogP contribution in [0.25, 0.3) is 0 Å². The summed E-state index contributed by atoms with van der Waals surface area (Å²) in [5, 5.41) is 1.82. The van der Waals surface area contributed by atoms with Crippen molar-refractivity contribution in [2.24, 2.45) is 0 Å². The molecule has 0 aliphatic carbocycles. The highest BCUT2D eigenvalue weighted by Crippen LogP contribution is 2.36. The van der Waals surface area contributed by atoms with Crippen molar-refractivity contribution in [3.63, 3.8) is 0 Å². The summed E-state index contributed by atoms with van der Waals surface area (Å²) in [4.78, 5) is 6.78. The monoisotopic (exact) mass is 349 g/mol. The van der Waals surface area contributed by atoms with Crippen molar-refractivity contribution in [2.45, 2.75) is 35.7 Å². The van der Waals surface area contributed by atoms with E-state index < -0.39 is 10.0 Å². The lowest BCUT2D eigenvalue weighted by molar-refractivity contribution is 0.237. The minimum Gasteiger partial charge on any atom is -0.293 e. The largest absolute Gasteiger partial charge is 0.293 e. The average molecular weight is 349 g/mol. The summed E-state index contributed by atoms with van der Waals surface area (Å²) in [5.74, 6) is 0. The fourth-order valence-electron chi connectivity index (χ4n) is 3.76. The first-order valence-corrected chi connectivity index (χ1v) is 10.2. The Hall–Kier alpha value is -1.28. The molecule has 2 aliphatic rings. The number of fused-ring (bicyclic) bond motifs is 1. The number of aromatic nitrogens is 1.